The van der Waals surface area contributed by atoms with Crippen molar-refractivity contribution in [2.24, 2.45) is 46.2 Å². The van der Waals surface area contributed by atoms with Gasteiger partial charge in [-0.3, -0.25) is 4.79 Å². The molecule has 0 aromatic carbocycles. The van der Waals surface area contributed by atoms with Crippen LogP contribution in [0, 0.1) is 40.4 Å². The molecular formula is C42H71N3O10. The Balaban J connectivity index is 1.08. The van der Waals surface area contributed by atoms with E-state index < -0.39 is 54.6 Å². The molecule has 0 radical (unpaired) electrons. The van der Waals surface area contributed by atoms with Gasteiger partial charge in [0.25, 0.3) is 0 Å². The summed E-state index contributed by atoms with van der Waals surface area (Å²) in [5, 5.41) is 60.6. The number of aliphatic carboxylic acids is 1. The molecule has 55 heavy (non-hydrogen) atoms. The largest absolute Gasteiger partial charge is 0.481 e. The summed E-state index contributed by atoms with van der Waals surface area (Å²) < 4.78 is 24.9. The first-order valence-electron chi connectivity index (χ1n) is 21.7. The Bertz CT molecular complexity index is 1300. The number of allylic oxidation sites excluding steroid dienone is 1. The number of carboxylic acid groups (broad SMARTS) is 1. The third-order valence-electron chi connectivity index (χ3n) is 15.7. The summed E-state index contributed by atoms with van der Waals surface area (Å²) in [5.74, 6) is -0.760. The number of methoxy groups -OCH3 is 1. The minimum atomic E-state index is -0.853. The molecule has 6 fully saturated rings. The molecule has 9 unspecified atom stereocenters. The summed E-state index contributed by atoms with van der Waals surface area (Å²) in [6, 6.07) is -0.0459. The molecule has 3 saturated heterocycles. The van der Waals surface area contributed by atoms with Crippen molar-refractivity contribution in [2.75, 3.05) is 27.1 Å². The van der Waals surface area contributed by atoms with E-state index in [1.807, 2.05) is 6.08 Å². The number of carbonyl (C=O) groups is 1. The third-order valence-corrected chi connectivity index (χ3v) is 15.7. The van der Waals surface area contributed by atoms with Crippen LogP contribution in [0.5, 0.6) is 0 Å². The average molecular weight is 778 g/mol. The van der Waals surface area contributed by atoms with Gasteiger partial charge in [0, 0.05) is 24.6 Å². The first kappa shape index (κ1) is 41.9. The van der Waals surface area contributed by atoms with Crippen LogP contribution in [0.2, 0.25) is 0 Å². The smallest absolute Gasteiger partial charge is 0.311 e. The Morgan fingerprint density at radius 3 is 2.44 bits per heavy atom. The fourth-order valence-electron chi connectivity index (χ4n) is 13.4. The molecule has 7 aliphatic rings. The first-order valence-corrected chi connectivity index (χ1v) is 21.7. The number of carboxylic acids is 1. The lowest BCUT2D eigenvalue weighted by molar-refractivity contribution is -0.193. The number of hydrogen-bond acceptors (Lipinski definition) is 12. The molecule has 0 amide bonds. The zero-order chi connectivity index (χ0) is 38.9. The summed E-state index contributed by atoms with van der Waals surface area (Å²) in [5.41, 5.74) is 5.75. The SMILES string of the molecule is COC1CC([C@H]2C[C@@H](O)C[C@H](CCC3CCC(O)C(OCO)C3)O2)CC(OC[C@@H]2N[C@@H](C)CC3(CCCC3)[C@]23[C@@H](C2CCNC(N)C2)C=C[C@H]3C(=O)O)C1O. The van der Waals surface area contributed by atoms with Crippen molar-refractivity contribution in [3.8, 4) is 0 Å². The predicted molar refractivity (Wildman–Crippen MR) is 205 cm³/mol. The number of aliphatic hydroxyl groups is 4. The van der Waals surface area contributed by atoms with Crippen molar-refractivity contribution in [3.63, 3.8) is 0 Å². The lowest BCUT2D eigenvalue weighted by Crippen LogP contribution is -2.70. The van der Waals surface area contributed by atoms with Crippen molar-refractivity contribution in [1.29, 1.82) is 0 Å². The third kappa shape index (κ3) is 8.46. The maximum atomic E-state index is 13.4. The minimum absolute atomic E-state index is 0.000209. The number of nitrogens with one attached hydrogen (secondary N) is 2. The quantitative estimate of drug-likeness (QED) is 0.106. The van der Waals surface area contributed by atoms with E-state index in [0.29, 0.717) is 44.4 Å². The lowest BCUT2D eigenvalue weighted by Gasteiger charge is -2.63. The van der Waals surface area contributed by atoms with Crippen LogP contribution >= 0.6 is 0 Å². The van der Waals surface area contributed by atoms with E-state index >= 15 is 0 Å². The predicted octanol–water partition coefficient (Wildman–Crippen LogP) is 2.81. The average Bonchev–Trinajstić information content (AvgIpc) is 3.80. The topological polar surface area (TPSA) is 205 Å². The molecule has 7 rings (SSSR count). The monoisotopic (exact) mass is 778 g/mol. The van der Waals surface area contributed by atoms with Gasteiger partial charge < -0.3 is 60.8 Å². The summed E-state index contributed by atoms with van der Waals surface area (Å²) in [6.07, 6.45) is 13.6. The molecule has 0 bridgehead atoms. The van der Waals surface area contributed by atoms with E-state index in [9.17, 15) is 30.3 Å². The Hall–Kier alpha value is -1.23. The van der Waals surface area contributed by atoms with Crippen LogP contribution in [-0.4, -0.2) is 126 Å². The normalized spacial score (nSPS) is 47.4. The lowest BCUT2D eigenvalue weighted by atomic mass is 9.45. The van der Waals surface area contributed by atoms with Crippen LogP contribution in [0.15, 0.2) is 12.2 Å². The molecule has 9 N–H and O–H groups in total. The second-order valence-corrected chi connectivity index (χ2v) is 18.8. The first-order chi connectivity index (χ1) is 26.5. The molecule has 314 valence electrons. The maximum absolute atomic E-state index is 13.4. The van der Waals surface area contributed by atoms with Gasteiger partial charge in [-0.1, -0.05) is 25.0 Å². The highest BCUT2D eigenvalue weighted by Gasteiger charge is 2.69. The molecule has 13 nitrogen and oxygen atoms in total. The van der Waals surface area contributed by atoms with Crippen LogP contribution in [0.3, 0.4) is 0 Å². The molecule has 3 saturated carbocycles. The molecule has 0 aromatic rings. The van der Waals surface area contributed by atoms with Crippen molar-refractivity contribution in [2.45, 2.75) is 177 Å². The standard InChI is InChI=1S/C42H71N3O10/c1-24-21-41(12-3-4-13-41)42(30(8-9-31(42)40(50)51)26-11-14-44-38(43)18-26)37(45-24)22-53-36-17-27(16-35(52-2)39(36)49)33-20-28(47)19-29(55-33)7-5-25-6-10-32(48)34(15-25)54-23-46/h8-9,24-39,44-49H,3-7,10-23,43H2,1-2H3,(H,50,51)/t24-,25?,26?,27?,28-,29-,30+,31-,32?,33+,34?,35?,36?,37-,38?,39?,42-/m0/s1. The van der Waals surface area contributed by atoms with E-state index in [-0.39, 0.29) is 66.3 Å². The summed E-state index contributed by atoms with van der Waals surface area (Å²) in [4.78, 5) is 13.4. The van der Waals surface area contributed by atoms with Gasteiger partial charge in [-0.25, -0.2) is 0 Å². The van der Waals surface area contributed by atoms with Crippen LogP contribution in [0.4, 0.5) is 0 Å². The fraction of sp³-hybridized carbons (Fsp3) is 0.929. The highest BCUT2D eigenvalue weighted by molar-refractivity contribution is 5.75. The van der Waals surface area contributed by atoms with E-state index in [0.717, 1.165) is 70.8 Å². The van der Waals surface area contributed by atoms with Crippen molar-refractivity contribution < 1.29 is 49.3 Å². The second-order valence-electron chi connectivity index (χ2n) is 18.8. The number of rotatable bonds is 12. The van der Waals surface area contributed by atoms with Crippen molar-refractivity contribution in [3.05, 3.63) is 12.2 Å². The van der Waals surface area contributed by atoms with Gasteiger partial charge in [-0.05, 0) is 132 Å². The zero-order valence-corrected chi connectivity index (χ0v) is 33.2. The van der Waals surface area contributed by atoms with Gasteiger partial charge in [-0.2, -0.15) is 0 Å². The highest BCUT2D eigenvalue weighted by Crippen LogP contribution is 2.68. The van der Waals surface area contributed by atoms with Gasteiger partial charge >= 0.3 is 5.97 Å². The van der Waals surface area contributed by atoms with Crippen LogP contribution in [0.25, 0.3) is 0 Å². The van der Waals surface area contributed by atoms with Crippen LogP contribution in [0.1, 0.15) is 110 Å². The van der Waals surface area contributed by atoms with Gasteiger partial charge in [0.05, 0.1) is 61.4 Å². The molecule has 3 heterocycles. The number of fused-ring (bicyclic) bond motifs is 1. The molecular weight excluding hydrogens is 706 g/mol. The Kier molecular flexibility index (Phi) is 13.7. The molecule has 17 atom stereocenters. The van der Waals surface area contributed by atoms with Gasteiger partial charge in [-0.15, -0.1) is 0 Å². The number of piperidine rings is 2. The number of aliphatic hydroxyl groups excluding tert-OH is 4. The van der Waals surface area contributed by atoms with E-state index in [1.165, 1.54) is 0 Å². The second kappa shape index (κ2) is 17.9. The van der Waals surface area contributed by atoms with Gasteiger partial charge in [0.2, 0.25) is 0 Å². The van der Waals surface area contributed by atoms with E-state index in [4.69, 9.17) is 24.7 Å². The fourth-order valence-corrected chi connectivity index (χ4v) is 13.4. The summed E-state index contributed by atoms with van der Waals surface area (Å²) >= 11 is 0. The van der Waals surface area contributed by atoms with Gasteiger partial charge in [0.15, 0.2) is 0 Å². The number of nitrogens with two attached hydrogens (primary N) is 1. The van der Waals surface area contributed by atoms with Crippen LogP contribution in [-0.2, 0) is 23.7 Å². The molecule has 0 aromatic heterocycles. The van der Waals surface area contributed by atoms with Crippen LogP contribution < -0.4 is 16.4 Å². The number of ether oxygens (including phenoxy) is 4. The summed E-state index contributed by atoms with van der Waals surface area (Å²) in [7, 11) is 1.63. The highest BCUT2D eigenvalue weighted by atomic mass is 16.6. The Morgan fingerprint density at radius 2 is 1.71 bits per heavy atom. The Morgan fingerprint density at radius 1 is 0.927 bits per heavy atom. The molecule has 4 aliphatic carbocycles. The Labute approximate surface area is 327 Å². The molecule has 2 spiro atoms. The minimum Gasteiger partial charge on any atom is -0.481 e. The number of hydrogen-bond donors (Lipinski definition) is 8. The van der Waals surface area contributed by atoms with Gasteiger partial charge in [0.1, 0.15) is 12.9 Å². The molecule has 3 aliphatic heterocycles. The van der Waals surface area contributed by atoms with E-state index in [2.05, 4.69) is 23.6 Å². The zero-order valence-electron chi connectivity index (χ0n) is 33.2. The maximum Gasteiger partial charge on any atom is 0.311 e. The van der Waals surface area contributed by atoms with Crippen molar-refractivity contribution in [1.82, 2.24) is 10.6 Å². The van der Waals surface area contributed by atoms with E-state index in [1.54, 1.807) is 7.11 Å². The molecule has 13 heteroatoms. The van der Waals surface area contributed by atoms with Crippen molar-refractivity contribution >= 4 is 5.97 Å². The summed E-state index contributed by atoms with van der Waals surface area (Å²) in [6.45, 7) is 2.92.